The zero-order chi connectivity index (χ0) is 59.8. The highest BCUT2D eigenvalue weighted by molar-refractivity contribution is 5.97. The van der Waals surface area contributed by atoms with Crippen LogP contribution in [0.15, 0.2) is 17.5 Å². The van der Waals surface area contributed by atoms with E-state index in [0.29, 0.717) is 31.4 Å². The number of aliphatic hydroxyl groups excluding tert-OH is 1. The van der Waals surface area contributed by atoms with Crippen molar-refractivity contribution in [2.75, 3.05) is 32.8 Å². The summed E-state index contributed by atoms with van der Waals surface area (Å²) in [7, 11) is 0. The number of aromatic nitrogens is 2. The van der Waals surface area contributed by atoms with E-state index in [2.05, 4.69) is 62.8 Å². The molecule has 0 aromatic carbocycles. The van der Waals surface area contributed by atoms with Gasteiger partial charge >= 0.3 is 17.9 Å². The molecule has 0 radical (unpaired) electrons. The molecule has 0 aliphatic carbocycles. The molecule has 9 amide bonds. The molecule has 1 aromatic rings. The molecule has 0 unspecified atom stereocenters. The summed E-state index contributed by atoms with van der Waals surface area (Å²) in [4.78, 5) is 165. The zero-order valence-corrected chi connectivity index (χ0v) is 44.8. The van der Waals surface area contributed by atoms with Crippen LogP contribution >= 0.6 is 0 Å². The monoisotopic (exact) mass is 1120 g/mol. The third-order valence-corrected chi connectivity index (χ3v) is 12.3. The Labute approximate surface area is 455 Å². The van der Waals surface area contributed by atoms with Gasteiger partial charge < -0.3 is 96.2 Å². The van der Waals surface area contributed by atoms with E-state index in [-0.39, 0.29) is 51.2 Å². The topological polar surface area (TPSA) is 539 Å². The maximum atomic E-state index is 14.0. The number of nitrogens with zero attached hydrogens (tertiary/aromatic N) is 2. The molecular weight excluding hydrogens is 1040 g/mol. The van der Waals surface area contributed by atoms with Crippen LogP contribution in [0.25, 0.3) is 0 Å². The number of nitrogens with one attached hydrogen (secondary N) is 10. The van der Waals surface area contributed by atoms with Gasteiger partial charge in [0.25, 0.3) is 0 Å². The van der Waals surface area contributed by atoms with Gasteiger partial charge in [0, 0.05) is 37.7 Å². The number of aliphatic carboxylic acids is 3. The third kappa shape index (κ3) is 27.2. The van der Waals surface area contributed by atoms with Crippen molar-refractivity contribution >= 4 is 77.0 Å². The molecule has 22 N–H and O–H groups in total. The second-order valence-electron chi connectivity index (χ2n) is 18.6. The van der Waals surface area contributed by atoms with Gasteiger partial charge in [-0.25, -0.2) is 9.78 Å². The van der Waals surface area contributed by atoms with Gasteiger partial charge in [-0.15, -0.1) is 0 Å². The van der Waals surface area contributed by atoms with Gasteiger partial charge in [-0.1, -0.05) is 40.5 Å². The minimum Gasteiger partial charge on any atom is -0.481 e. The molecule has 1 heterocycles. The number of aromatic amines is 1. The second-order valence-corrected chi connectivity index (χ2v) is 18.6. The minimum absolute atomic E-state index is 0.00129. The van der Waals surface area contributed by atoms with E-state index in [9.17, 15) is 67.7 Å². The minimum atomic E-state index is -1.66. The van der Waals surface area contributed by atoms with Crippen molar-refractivity contribution in [2.45, 2.75) is 153 Å². The lowest BCUT2D eigenvalue weighted by Gasteiger charge is -2.29. The Bertz CT molecular complexity index is 2230. The molecule has 1 aromatic heterocycles. The lowest BCUT2D eigenvalue weighted by Crippen LogP contribution is -2.59. The van der Waals surface area contributed by atoms with Gasteiger partial charge in [0.2, 0.25) is 53.2 Å². The van der Waals surface area contributed by atoms with Crippen LogP contribution < -0.4 is 70.8 Å². The van der Waals surface area contributed by atoms with Crippen molar-refractivity contribution in [1.29, 1.82) is 0 Å². The van der Waals surface area contributed by atoms with Crippen molar-refractivity contribution in [3.63, 3.8) is 0 Å². The number of aliphatic hydroxyl groups is 1. The Kier molecular flexibility index (Phi) is 32.3. The molecule has 0 saturated heterocycles. The molecule has 32 heteroatoms. The van der Waals surface area contributed by atoms with Gasteiger partial charge in [0.15, 0.2) is 5.96 Å². The predicted octanol–water partition coefficient (Wildman–Crippen LogP) is -6.01. The van der Waals surface area contributed by atoms with Gasteiger partial charge in [-0.3, -0.25) is 57.7 Å². The molecule has 79 heavy (non-hydrogen) atoms. The number of guanidine groups is 1. The summed E-state index contributed by atoms with van der Waals surface area (Å²) >= 11 is 0. The van der Waals surface area contributed by atoms with Crippen molar-refractivity contribution < 1.29 is 78.0 Å². The first kappa shape index (κ1) is 69.0. The summed E-state index contributed by atoms with van der Waals surface area (Å²) in [5.41, 5.74) is 22.7. The van der Waals surface area contributed by atoms with Crippen LogP contribution in [-0.4, -0.2) is 189 Å². The number of hydrogen-bond donors (Lipinski definition) is 18. The fourth-order valence-corrected chi connectivity index (χ4v) is 7.27. The quantitative estimate of drug-likeness (QED) is 0.0165. The Balaban J connectivity index is 3.17. The SMILES string of the molecule is CC[C@H](C)[C@H](NC(=O)CNC(=O)[C@H](CO)NC(=O)[C@H](Cc1cnc[nH]1)NC(=O)[C@@H](N)CCC(=O)O)C(=O)NCC(=O)N[C@@H](CCCN=C(N)N)C(=O)N[C@H](C(=O)N[C@@H](CCCCN)C(=O)N[C@@H](CCC(=O)O)C(=O)O)[C@@H](C)CC. The van der Waals surface area contributed by atoms with Crippen LogP contribution in [0.3, 0.4) is 0 Å². The number of imidazole rings is 1. The smallest absolute Gasteiger partial charge is 0.326 e. The molecule has 0 fully saturated rings. The van der Waals surface area contributed by atoms with E-state index in [4.69, 9.17) is 33.1 Å². The standard InChI is InChI=1S/C47H80N16O16/c1-5-24(3)37(62-34(66)21-54-40(72)32(22-64)61-43(75)31(18-26-19-52-23-56-26)60-39(71)27(49)12-14-35(67)68)44(76)55-20-33(65)57-28(11-9-17-53-47(50)51)42(74)63-38(25(4)6-2)45(77)58-29(10-7-8-16-48)41(73)59-30(46(78)79)13-15-36(69)70/h19,23-25,27-32,37-38,64H,5-18,20-22,48-49H2,1-4H3,(H,52,56)(H,54,72)(H,55,76)(H,57,65)(H,58,77)(H,59,73)(H,60,71)(H,61,75)(H,62,66)(H,63,74)(H,67,68)(H,69,70)(H,78,79)(H4,50,51,53)/t24-,25-,27-,28-,29-,30-,31-,32-,37-,38-/m0/s1. The summed E-state index contributed by atoms with van der Waals surface area (Å²) in [5.74, 6) is -13.5. The van der Waals surface area contributed by atoms with Gasteiger partial charge in [0.1, 0.15) is 42.3 Å². The highest BCUT2D eigenvalue weighted by atomic mass is 16.4. The van der Waals surface area contributed by atoms with Gasteiger partial charge in [-0.2, -0.15) is 0 Å². The highest BCUT2D eigenvalue weighted by Gasteiger charge is 2.35. The van der Waals surface area contributed by atoms with Crippen molar-refractivity contribution in [3.05, 3.63) is 18.2 Å². The molecule has 32 nitrogen and oxygen atoms in total. The number of aliphatic imine (C=N–C) groups is 1. The van der Waals surface area contributed by atoms with Crippen molar-refractivity contribution in [2.24, 2.45) is 39.8 Å². The first-order valence-electron chi connectivity index (χ1n) is 25.7. The number of carbonyl (C=O) groups is 12. The summed E-state index contributed by atoms with van der Waals surface area (Å²) < 4.78 is 0. The number of carboxylic acid groups (broad SMARTS) is 3. The molecular formula is C47H80N16O16. The van der Waals surface area contributed by atoms with E-state index in [1.165, 1.54) is 12.5 Å². The van der Waals surface area contributed by atoms with Crippen LogP contribution in [0.1, 0.15) is 104 Å². The number of unbranched alkanes of at least 4 members (excludes halogenated alkanes) is 1. The Hall–Kier alpha value is -8.00. The van der Waals surface area contributed by atoms with Crippen molar-refractivity contribution in [3.8, 4) is 0 Å². The van der Waals surface area contributed by atoms with Crippen LogP contribution in [0.2, 0.25) is 0 Å². The van der Waals surface area contributed by atoms with E-state index < -0.39 is 170 Å². The van der Waals surface area contributed by atoms with Crippen molar-refractivity contribution in [1.82, 2.24) is 57.8 Å². The van der Waals surface area contributed by atoms with E-state index in [1.54, 1.807) is 27.7 Å². The lowest BCUT2D eigenvalue weighted by atomic mass is 9.96. The fraction of sp³-hybridized carbons (Fsp3) is 0.660. The number of H-pyrrole nitrogens is 1. The molecule has 0 aliphatic heterocycles. The lowest BCUT2D eigenvalue weighted by molar-refractivity contribution is -0.143. The summed E-state index contributed by atoms with van der Waals surface area (Å²) in [6.07, 6.45) is 2.21. The van der Waals surface area contributed by atoms with Crippen LogP contribution in [0.5, 0.6) is 0 Å². The Morgan fingerprint density at radius 2 is 1.10 bits per heavy atom. The van der Waals surface area contributed by atoms with E-state index in [0.717, 1.165) is 0 Å². The molecule has 0 aliphatic rings. The molecule has 0 saturated carbocycles. The maximum absolute atomic E-state index is 14.0. The Morgan fingerprint density at radius 3 is 1.65 bits per heavy atom. The number of carbonyl (C=O) groups excluding carboxylic acids is 9. The maximum Gasteiger partial charge on any atom is 0.326 e. The normalized spacial score (nSPS) is 14.7. The van der Waals surface area contributed by atoms with Crippen LogP contribution in [-0.2, 0) is 64.0 Å². The summed E-state index contributed by atoms with van der Waals surface area (Å²) in [6, 6.07) is -11.3. The average Bonchev–Trinajstić information content (AvgIpc) is 3.92. The molecule has 0 bridgehead atoms. The number of nitrogens with two attached hydrogens (primary N) is 4. The predicted molar refractivity (Wildman–Crippen MR) is 280 cm³/mol. The highest BCUT2D eigenvalue weighted by Crippen LogP contribution is 2.13. The summed E-state index contributed by atoms with van der Waals surface area (Å²) in [5, 5.41) is 59.5. The Morgan fingerprint density at radius 1 is 0.595 bits per heavy atom. The van der Waals surface area contributed by atoms with Gasteiger partial charge in [-0.05, 0) is 63.3 Å². The van der Waals surface area contributed by atoms with Crippen LogP contribution in [0.4, 0.5) is 0 Å². The van der Waals surface area contributed by atoms with E-state index in [1.807, 2.05) is 0 Å². The molecule has 1 rings (SSSR count). The fourth-order valence-electron chi connectivity index (χ4n) is 7.27. The number of hydrogen-bond acceptors (Lipinski definition) is 17. The molecule has 0 spiro atoms. The van der Waals surface area contributed by atoms with E-state index >= 15 is 0 Å². The first-order chi connectivity index (χ1) is 37.3. The average molecular weight is 1130 g/mol. The first-order valence-corrected chi connectivity index (χ1v) is 25.7. The number of carboxylic acids is 3. The number of amides is 9. The third-order valence-electron chi connectivity index (χ3n) is 12.3. The zero-order valence-electron chi connectivity index (χ0n) is 44.8. The largest absolute Gasteiger partial charge is 0.481 e. The van der Waals surface area contributed by atoms with Gasteiger partial charge in [0.05, 0.1) is 32.1 Å². The molecule has 10 atom stereocenters. The summed E-state index contributed by atoms with van der Waals surface area (Å²) in [6.45, 7) is 4.46. The molecule has 444 valence electrons. The number of rotatable bonds is 40. The second kappa shape index (κ2) is 36.9. The van der Waals surface area contributed by atoms with Crippen LogP contribution in [0, 0.1) is 11.8 Å².